The molecule has 0 fully saturated rings. The quantitative estimate of drug-likeness (QED) is 0.374. The number of methoxy groups -OCH3 is 1. The van der Waals surface area contributed by atoms with Crippen molar-refractivity contribution in [3.63, 3.8) is 0 Å². The van der Waals surface area contributed by atoms with Crippen molar-refractivity contribution in [2.24, 2.45) is 0 Å². The Hall–Kier alpha value is -3.26. The summed E-state index contributed by atoms with van der Waals surface area (Å²) < 4.78 is 4.81. The highest BCUT2D eigenvalue weighted by molar-refractivity contribution is 6.40. The van der Waals surface area contributed by atoms with Crippen LogP contribution in [0.25, 0.3) is 0 Å². The number of benzene rings is 3. The fourth-order valence-corrected chi connectivity index (χ4v) is 3.96. The lowest BCUT2D eigenvalue weighted by molar-refractivity contribution is -0.142. The van der Waals surface area contributed by atoms with Gasteiger partial charge in [0.1, 0.15) is 11.8 Å². The maximum absolute atomic E-state index is 12.6. The van der Waals surface area contributed by atoms with Gasteiger partial charge in [-0.3, -0.25) is 9.59 Å². The molecule has 0 aliphatic rings. The summed E-state index contributed by atoms with van der Waals surface area (Å²) in [6.45, 7) is 0. The highest BCUT2D eigenvalue weighted by Gasteiger charge is 2.24. The molecular weight excluding hydrogens is 503 g/mol. The van der Waals surface area contributed by atoms with Crippen molar-refractivity contribution in [3.8, 4) is 5.75 Å². The average molecular weight is 522 g/mol. The van der Waals surface area contributed by atoms with E-state index in [-0.39, 0.29) is 38.4 Å². The average Bonchev–Trinajstić information content (AvgIpc) is 2.79. The van der Waals surface area contributed by atoms with Crippen LogP contribution in [-0.2, 0) is 16.0 Å². The number of carbonyl (C=O) groups excluding carboxylic acids is 3. The first-order valence-electron chi connectivity index (χ1n) is 9.91. The van der Waals surface area contributed by atoms with E-state index >= 15 is 0 Å². The molecule has 2 amide bonds. The van der Waals surface area contributed by atoms with Gasteiger partial charge in [0.2, 0.25) is 0 Å². The van der Waals surface area contributed by atoms with Gasteiger partial charge < -0.3 is 20.5 Å². The monoisotopic (exact) mass is 520 g/mol. The van der Waals surface area contributed by atoms with E-state index in [4.69, 9.17) is 39.5 Å². The van der Waals surface area contributed by atoms with Gasteiger partial charge in [0.05, 0.1) is 33.3 Å². The fourth-order valence-electron chi connectivity index (χ4n) is 3.13. The van der Waals surface area contributed by atoms with Crippen molar-refractivity contribution in [2.45, 2.75) is 12.5 Å². The van der Waals surface area contributed by atoms with Gasteiger partial charge in [0, 0.05) is 12.1 Å². The van der Waals surface area contributed by atoms with E-state index < -0.39 is 23.8 Å². The van der Waals surface area contributed by atoms with Gasteiger partial charge in [0.25, 0.3) is 11.8 Å². The van der Waals surface area contributed by atoms with Gasteiger partial charge in [0.15, 0.2) is 0 Å². The lowest BCUT2D eigenvalue weighted by Crippen LogP contribution is -2.43. The number of anilines is 1. The number of nitrogens with one attached hydrogen (secondary N) is 2. The van der Waals surface area contributed by atoms with E-state index in [0.29, 0.717) is 11.3 Å². The number of amides is 2. The lowest BCUT2D eigenvalue weighted by atomic mass is 10.0. The summed E-state index contributed by atoms with van der Waals surface area (Å²) in [4.78, 5) is 37.4. The van der Waals surface area contributed by atoms with E-state index in [0.717, 1.165) is 0 Å². The number of rotatable bonds is 7. The molecule has 3 aromatic carbocycles. The standard InChI is InChI=1S/C24H19Cl3N2O5/c1-34-24(33)20(29-22(31)16-10-9-15(30)12-19(16)27)11-13-5-7-14(8-6-13)28-23(32)21-17(25)3-2-4-18(21)26/h2-10,12,20,30H,11H2,1H3,(H,28,32)(H,29,31). The Bertz CT molecular complexity index is 1210. The summed E-state index contributed by atoms with van der Waals surface area (Å²) in [5.41, 5.74) is 1.45. The van der Waals surface area contributed by atoms with Crippen LogP contribution in [0, 0.1) is 0 Å². The van der Waals surface area contributed by atoms with Crippen LogP contribution < -0.4 is 10.6 Å². The predicted octanol–water partition coefficient (Wildman–Crippen LogP) is 5.12. The van der Waals surface area contributed by atoms with E-state index in [1.54, 1.807) is 42.5 Å². The maximum Gasteiger partial charge on any atom is 0.328 e. The van der Waals surface area contributed by atoms with Crippen molar-refractivity contribution in [1.29, 1.82) is 0 Å². The third kappa shape index (κ3) is 6.20. The van der Waals surface area contributed by atoms with Gasteiger partial charge >= 0.3 is 5.97 Å². The molecular formula is C24H19Cl3N2O5. The van der Waals surface area contributed by atoms with E-state index in [1.165, 1.54) is 25.3 Å². The summed E-state index contributed by atoms with van der Waals surface area (Å²) in [7, 11) is 1.22. The first kappa shape index (κ1) is 25.4. The zero-order valence-corrected chi connectivity index (χ0v) is 20.0. The number of ether oxygens (including phenoxy) is 1. The number of hydrogen-bond donors (Lipinski definition) is 3. The Kier molecular flexibility index (Phi) is 8.39. The van der Waals surface area contributed by atoms with E-state index in [1.807, 2.05) is 0 Å². The minimum Gasteiger partial charge on any atom is -0.508 e. The van der Waals surface area contributed by atoms with Crippen LogP contribution in [-0.4, -0.2) is 36.0 Å². The number of esters is 1. The van der Waals surface area contributed by atoms with Crippen molar-refractivity contribution in [1.82, 2.24) is 5.32 Å². The van der Waals surface area contributed by atoms with Crippen LogP contribution >= 0.6 is 34.8 Å². The smallest absolute Gasteiger partial charge is 0.328 e. The Balaban J connectivity index is 1.71. The minimum atomic E-state index is -0.996. The molecule has 0 saturated heterocycles. The Labute approximate surface area is 210 Å². The molecule has 0 aliphatic carbocycles. The Morgan fingerprint density at radius 1 is 0.912 bits per heavy atom. The second kappa shape index (κ2) is 11.2. The number of phenolic OH excluding ortho intramolecular Hbond substituents is 1. The molecule has 0 aromatic heterocycles. The van der Waals surface area contributed by atoms with Crippen LogP contribution in [0.2, 0.25) is 15.1 Å². The van der Waals surface area contributed by atoms with Crippen LogP contribution in [0.5, 0.6) is 5.75 Å². The number of halogens is 3. The molecule has 1 unspecified atom stereocenters. The second-order valence-corrected chi connectivity index (χ2v) is 8.39. The largest absolute Gasteiger partial charge is 0.508 e. The predicted molar refractivity (Wildman–Crippen MR) is 131 cm³/mol. The highest BCUT2D eigenvalue weighted by atomic mass is 35.5. The summed E-state index contributed by atoms with van der Waals surface area (Å²) in [5.74, 6) is -1.79. The third-order valence-corrected chi connectivity index (χ3v) is 5.77. The molecule has 3 N–H and O–H groups in total. The SMILES string of the molecule is COC(=O)C(Cc1ccc(NC(=O)c2c(Cl)cccc2Cl)cc1)NC(=O)c1ccc(O)cc1Cl. The Morgan fingerprint density at radius 3 is 2.15 bits per heavy atom. The van der Waals surface area contributed by atoms with Crippen LogP contribution in [0.3, 0.4) is 0 Å². The molecule has 1 atom stereocenters. The molecule has 0 aliphatic heterocycles. The molecule has 0 spiro atoms. The summed E-state index contributed by atoms with van der Waals surface area (Å²) >= 11 is 18.2. The van der Waals surface area contributed by atoms with Gasteiger partial charge in [-0.05, 0) is 48.0 Å². The van der Waals surface area contributed by atoms with Gasteiger partial charge in [-0.1, -0.05) is 53.0 Å². The molecule has 7 nitrogen and oxygen atoms in total. The molecule has 34 heavy (non-hydrogen) atoms. The summed E-state index contributed by atoms with van der Waals surface area (Å²) in [6.07, 6.45) is 0.124. The highest BCUT2D eigenvalue weighted by Crippen LogP contribution is 2.25. The first-order valence-corrected chi connectivity index (χ1v) is 11.0. The number of phenols is 1. The number of aromatic hydroxyl groups is 1. The topological polar surface area (TPSA) is 105 Å². The normalized spacial score (nSPS) is 11.4. The van der Waals surface area contributed by atoms with E-state index in [2.05, 4.69) is 10.6 Å². The third-order valence-electron chi connectivity index (χ3n) is 4.83. The Morgan fingerprint density at radius 2 is 1.56 bits per heavy atom. The molecule has 3 aromatic rings. The van der Waals surface area contributed by atoms with Crippen LogP contribution in [0.4, 0.5) is 5.69 Å². The lowest BCUT2D eigenvalue weighted by Gasteiger charge is -2.17. The molecule has 0 radical (unpaired) electrons. The molecule has 0 bridgehead atoms. The van der Waals surface area contributed by atoms with Gasteiger partial charge in [-0.25, -0.2) is 4.79 Å². The fraction of sp³-hybridized carbons (Fsp3) is 0.125. The summed E-state index contributed by atoms with van der Waals surface area (Å²) in [6, 6.07) is 14.4. The zero-order chi connectivity index (χ0) is 24.8. The number of carbonyl (C=O) groups is 3. The first-order chi connectivity index (χ1) is 16.2. The second-order valence-electron chi connectivity index (χ2n) is 7.17. The molecule has 0 heterocycles. The minimum absolute atomic E-state index is 0.0415. The van der Waals surface area contributed by atoms with Crippen molar-refractivity contribution < 1.29 is 24.2 Å². The van der Waals surface area contributed by atoms with Crippen LogP contribution in [0.15, 0.2) is 60.7 Å². The zero-order valence-electron chi connectivity index (χ0n) is 17.8. The van der Waals surface area contributed by atoms with Crippen LogP contribution in [0.1, 0.15) is 26.3 Å². The summed E-state index contributed by atoms with van der Waals surface area (Å²) in [5, 5.41) is 15.3. The molecule has 0 saturated carbocycles. The molecule has 3 rings (SSSR count). The van der Waals surface area contributed by atoms with Gasteiger partial charge in [-0.2, -0.15) is 0 Å². The molecule has 176 valence electrons. The maximum atomic E-state index is 12.6. The van der Waals surface area contributed by atoms with E-state index in [9.17, 15) is 19.5 Å². The van der Waals surface area contributed by atoms with Gasteiger partial charge in [-0.15, -0.1) is 0 Å². The van der Waals surface area contributed by atoms with Crippen molar-refractivity contribution in [3.05, 3.63) is 92.4 Å². The molecule has 10 heteroatoms. The number of hydrogen-bond acceptors (Lipinski definition) is 5. The van der Waals surface area contributed by atoms with Crippen molar-refractivity contribution in [2.75, 3.05) is 12.4 Å². The van der Waals surface area contributed by atoms with Crippen molar-refractivity contribution >= 4 is 58.3 Å².